The molecule has 0 aliphatic carbocycles. The maximum absolute atomic E-state index is 13.2. The van der Waals surface area contributed by atoms with Gasteiger partial charge in [0.05, 0.1) is 19.1 Å². The van der Waals surface area contributed by atoms with Gasteiger partial charge in [-0.05, 0) is 55.2 Å². The van der Waals surface area contributed by atoms with Gasteiger partial charge in [-0.15, -0.1) is 0 Å². The molecule has 3 rings (SSSR count). The number of fused-ring (bicyclic) bond motifs is 1. The van der Waals surface area contributed by atoms with E-state index in [0.29, 0.717) is 29.3 Å². The van der Waals surface area contributed by atoms with Gasteiger partial charge in [-0.2, -0.15) is 4.72 Å². The Bertz CT molecular complexity index is 1200. The van der Waals surface area contributed by atoms with Gasteiger partial charge in [0, 0.05) is 30.4 Å². The van der Waals surface area contributed by atoms with Crippen LogP contribution in [0.25, 0.3) is 0 Å². The lowest BCUT2D eigenvalue weighted by Gasteiger charge is -2.22. The zero-order chi connectivity index (χ0) is 25.2. The van der Waals surface area contributed by atoms with Crippen molar-refractivity contribution in [1.82, 2.24) is 4.72 Å². The van der Waals surface area contributed by atoms with Gasteiger partial charge in [0.1, 0.15) is 6.04 Å². The molecule has 10 heteroatoms. The largest absolute Gasteiger partial charge is 0.493 e. The van der Waals surface area contributed by atoms with E-state index in [2.05, 4.69) is 10.0 Å². The first-order valence-electron chi connectivity index (χ1n) is 11.0. The topological polar surface area (TPSA) is 114 Å². The first kappa shape index (κ1) is 25.5. The van der Waals surface area contributed by atoms with Crippen LogP contribution in [-0.4, -0.2) is 46.5 Å². The highest BCUT2D eigenvalue weighted by Gasteiger charge is 2.32. The Balaban J connectivity index is 1.82. The summed E-state index contributed by atoms with van der Waals surface area (Å²) in [5.74, 6) is 0.0393. The normalized spacial score (nSPS) is 16.2. The molecule has 0 radical (unpaired) electrons. The first-order valence-corrected chi connectivity index (χ1v) is 12.4. The number of nitrogens with zero attached hydrogens (tertiary/aromatic N) is 1. The van der Waals surface area contributed by atoms with Gasteiger partial charge in [-0.3, -0.25) is 9.59 Å². The van der Waals surface area contributed by atoms with Crippen LogP contribution in [0, 0.1) is 5.92 Å². The highest BCUT2D eigenvalue weighted by atomic mass is 32.2. The van der Waals surface area contributed by atoms with E-state index in [1.165, 1.54) is 27.2 Å². The Morgan fingerprint density at radius 1 is 1.06 bits per heavy atom. The van der Waals surface area contributed by atoms with Crippen LogP contribution in [0.1, 0.15) is 33.3 Å². The van der Waals surface area contributed by atoms with E-state index < -0.39 is 22.0 Å². The summed E-state index contributed by atoms with van der Waals surface area (Å²) in [6, 6.07) is 8.51. The van der Waals surface area contributed by atoms with Crippen LogP contribution in [0.3, 0.4) is 0 Å². The highest BCUT2D eigenvalue weighted by molar-refractivity contribution is 7.89. The van der Waals surface area contributed by atoms with Crippen LogP contribution in [0.5, 0.6) is 11.5 Å². The SMILES string of the molecule is COc1ccc(NC(=O)[C@@H](NS(=O)(=O)c2ccc3c(c2)C[C@@H](C)N3C(C)=O)C(C)C)cc1OC. The van der Waals surface area contributed by atoms with Crippen LogP contribution < -0.4 is 24.4 Å². The summed E-state index contributed by atoms with van der Waals surface area (Å²) in [7, 11) is -1.00. The molecule has 0 bridgehead atoms. The van der Waals surface area contributed by atoms with Gasteiger partial charge in [-0.25, -0.2) is 8.42 Å². The van der Waals surface area contributed by atoms with Crippen molar-refractivity contribution in [3.05, 3.63) is 42.0 Å². The third-order valence-corrected chi connectivity index (χ3v) is 7.24. The summed E-state index contributed by atoms with van der Waals surface area (Å²) in [5, 5.41) is 2.74. The van der Waals surface area contributed by atoms with Gasteiger partial charge < -0.3 is 19.7 Å². The second-order valence-electron chi connectivity index (χ2n) is 8.63. The molecule has 2 N–H and O–H groups in total. The van der Waals surface area contributed by atoms with Crippen molar-refractivity contribution in [2.75, 3.05) is 24.4 Å². The Hall–Kier alpha value is -3.11. The van der Waals surface area contributed by atoms with Crippen LogP contribution in [0.4, 0.5) is 11.4 Å². The van der Waals surface area contributed by atoms with E-state index in [9.17, 15) is 18.0 Å². The lowest BCUT2D eigenvalue weighted by atomic mass is 10.0. The predicted octanol–water partition coefficient (Wildman–Crippen LogP) is 2.94. The third kappa shape index (κ3) is 5.18. The number of sulfonamides is 1. The van der Waals surface area contributed by atoms with Crippen molar-refractivity contribution in [2.45, 2.75) is 51.1 Å². The molecule has 1 aliphatic heterocycles. The molecule has 2 atom stereocenters. The van der Waals surface area contributed by atoms with E-state index in [1.54, 1.807) is 49.1 Å². The van der Waals surface area contributed by atoms with E-state index >= 15 is 0 Å². The zero-order valence-corrected chi connectivity index (χ0v) is 21.0. The molecule has 2 aromatic carbocycles. The minimum absolute atomic E-state index is 0.0471. The number of carbonyl (C=O) groups is 2. The number of carbonyl (C=O) groups excluding carboxylic acids is 2. The third-order valence-electron chi connectivity index (χ3n) is 5.80. The van der Waals surface area contributed by atoms with Crippen molar-refractivity contribution in [2.24, 2.45) is 5.92 Å². The molecule has 184 valence electrons. The van der Waals surface area contributed by atoms with Gasteiger partial charge in [0.25, 0.3) is 0 Å². The molecule has 0 saturated heterocycles. The van der Waals surface area contributed by atoms with Crippen molar-refractivity contribution in [3.63, 3.8) is 0 Å². The number of amides is 2. The fourth-order valence-electron chi connectivity index (χ4n) is 4.12. The Morgan fingerprint density at radius 3 is 2.32 bits per heavy atom. The molecule has 1 aliphatic rings. The van der Waals surface area contributed by atoms with Crippen LogP contribution in [0.15, 0.2) is 41.3 Å². The second-order valence-corrected chi connectivity index (χ2v) is 10.3. The molecular formula is C24H31N3O6S. The number of hydrogen-bond donors (Lipinski definition) is 2. The molecule has 0 unspecified atom stereocenters. The monoisotopic (exact) mass is 489 g/mol. The average Bonchev–Trinajstić information content (AvgIpc) is 3.12. The number of rotatable bonds is 8. The summed E-state index contributed by atoms with van der Waals surface area (Å²) in [6.07, 6.45) is 0.561. The van der Waals surface area contributed by atoms with E-state index in [-0.39, 0.29) is 22.8 Å². The van der Waals surface area contributed by atoms with E-state index in [0.717, 1.165) is 5.56 Å². The van der Waals surface area contributed by atoms with Crippen molar-refractivity contribution < 1.29 is 27.5 Å². The summed E-state index contributed by atoms with van der Waals surface area (Å²) >= 11 is 0. The molecule has 9 nitrogen and oxygen atoms in total. The Kier molecular flexibility index (Phi) is 7.52. The molecule has 1 heterocycles. The van der Waals surface area contributed by atoms with Crippen molar-refractivity contribution >= 4 is 33.2 Å². The molecule has 0 fully saturated rings. The number of anilines is 2. The molecule has 2 amide bonds. The fraction of sp³-hybridized carbons (Fsp3) is 0.417. The highest BCUT2D eigenvalue weighted by Crippen LogP contribution is 2.34. The second kappa shape index (κ2) is 10.0. The van der Waals surface area contributed by atoms with Gasteiger partial charge in [0.2, 0.25) is 21.8 Å². The van der Waals surface area contributed by atoms with E-state index in [4.69, 9.17) is 9.47 Å². The number of benzene rings is 2. The average molecular weight is 490 g/mol. The quantitative estimate of drug-likeness (QED) is 0.589. The van der Waals surface area contributed by atoms with E-state index in [1.807, 2.05) is 6.92 Å². The predicted molar refractivity (Wildman–Crippen MR) is 130 cm³/mol. The summed E-state index contributed by atoms with van der Waals surface area (Å²) < 4.78 is 39.4. The fourth-order valence-corrected chi connectivity index (χ4v) is 5.51. The summed E-state index contributed by atoms with van der Waals surface area (Å²) in [6.45, 7) is 6.93. The Labute approximate surface area is 200 Å². The number of ether oxygens (including phenoxy) is 2. The molecule has 0 aromatic heterocycles. The Morgan fingerprint density at radius 2 is 1.74 bits per heavy atom. The number of nitrogens with one attached hydrogen (secondary N) is 2. The van der Waals surface area contributed by atoms with Crippen LogP contribution in [-0.2, 0) is 26.0 Å². The lowest BCUT2D eigenvalue weighted by molar-refractivity contribution is -0.118. The molecule has 2 aromatic rings. The molecule has 34 heavy (non-hydrogen) atoms. The van der Waals surface area contributed by atoms with Crippen LogP contribution in [0.2, 0.25) is 0 Å². The maximum atomic E-state index is 13.2. The molecule has 0 spiro atoms. The number of methoxy groups -OCH3 is 2. The zero-order valence-electron chi connectivity index (χ0n) is 20.2. The number of hydrogen-bond acceptors (Lipinski definition) is 6. The minimum Gasteiger partial charge on any atom is -0.493 e. The molecule has 0 saturated carbocycles. The van der Waals surface area contributed by atoms with Gasteiger partial charge >= 0.3 is 0 Å². The van der Waals surface area contributed by atoms with Gasteiger partial charge in [0.15, 0.2) is 11.5 Å². The minimum atomic E-state index is -4.00. The smallest absolute Gasteiger partial charge is 0.242 e. The maximum Gasteiger partial charge on any atom is 0.242 e. The summed E-state index contributed by atoms with van der Waals surface area (Å²) in [4.78, 5) is 26.7. The lowest BCUT2D eigenvalue weighted by Crippen LogP contribution is -2.47. The van der Waals surface area contributed by atoms with Crippen molar-refractivity contribution in [3.8, 4) is 11.5 Å². The van der Waals surface area contributed by atoms with Crippen LogP contribution >= 0.6 is 0 Å². The standard InChI is InChI=1S/C24H31N3O6S/c1-14(2)23(24(29)25-18-7-10-21(32-5)22(13-18)33-6)26-34(30,31)19-8-9-20-17(12-19)11-15(3)27(20)16(4)28/h7-10,12-15,23,26H,11H2,1-6H3,(H,25,29)/t15-,23+/m1/s1. The first-order chi connectivity index (χ1) is 16.0. The molecular weight excluding hydrogens is 458 g/mol. The van der Waals surface area contributed by atoms with Gasteiger partial charge in [-0.1, -0.05) is 13.8 Å². The van der Waals surface area contributed by atoms with Crippen molar-refractivity contribution in [1.29, 1.82) is 0 Å². The summed E-state index contributed by atoms with van der Waals surface area (Å²) in [5.41, 5.74) is 1.94.